The Morgan fingerprint density at radius 2 is 1.93 bits per heavy atom. The van der Waals surface area contributed by atoms with Crippen LogP contribution in [0.1, 0.15) is 41.0 Å². The minimum absolute atomic E-state index is 0.148. The van der Waals surface area contributed by atoms with Crippen LogP contribution in [0.25, 0.3) is 0 Å². The standard InChI is InChI=1S/C13H22O/c1-8(2)11-7-12(14)9(3)10(4)13(11,5)6/h11-12,14H,1,7H2,2-6H3. The van der Waals surface area contributed by atoms with E-state index in [1.165, 1.54) is 11.1 Å². The van der Waals surface area contributed by atoms with Gasteiger partial charge in [-0.3, -0.25) is 0 Å². The summed E-state index contributed by atoms with van der Waals surface area (Å²) in [4.78, 5) is 0. The minimum atomic E-state index is -0.273. The van der Waals surface area contributed by atoms with E-state index < -0.39 is 0 Å². The smallest absolute Gasteiger partial charge is 0.0756 e. The average Bonchev–Trinajstić information content (AvgIpc) is 2.08. The van der Waals surface area contributed by atoms with Gasteiger partial charge in [-0.25, -0.2) is 0 Å². The summed E-state index contributed by atoms with van der Waals surface area (Å²) in [5.41, 5.74) is 3.80. The van der Waals surface area contributed by atoms with Crippen molar-refractivity contribution in [2.24, 2.45) is 11.3 Å². The van der Waals surface area contributed by atoms with E-state index in [0.717, 1.165) is 12.0 Å². The molecule has 1 nitrogen and oxygen atoms in total. The van der Waals surface area contributed by atoms with Crippen molar-refractivity contribution in [1.82, 2.24) is 0 Å². The Morgan fingerprint density at radius 1 is 1.43 bits per heavy atom. The lowest BCUT2D eigenvalue weighted by atomic mass is 9.63. The number of aliphatic hydroxyl groups is 1. The van der Waals surface area contributed by atoms with Crippen LogP contribution in [0.15, 0.2) is 23.3 Å². The molecule has 0 saturated heterocycles. The third-order valence-corrected chi connectivity index (χ3v) is 3.98. The molecule has 1 heteroatoms. The maximum Gasteiger partial charge on any atom is 0.0756 e. The summed E-state index contributed by atoms with van der Waals surface area (Å²) in [6, 6.07) is 0. The van der Waals surface area contributed by atoms with Gasteiger partial charge in [-0.2, -0.15) is 0 Å². The quantitative estimate of drug-likeness (QED) is 0.635. The van der Waals surface area contributed by atoms with Gasteiger partial charge in [0.2, 0.25) is 0 Å². The van der Waals surface area contributed by atoms with E-state index in [0.29, 0.717) is 5.92 Å². The lowest BCUT2D eigenvalue weighted by Crippen LogP contribution is -2.36. The molecular formula is C13H22O. The van der Waals surface area contributed by atoms with Crippen molar-refractivity contribution in [2.45, 2.75) is 47.1 Å². The summed E-state index contributed by atoms with van der Waals surface area (Å²) in [5, 5.41) is 9.90. The largest absolute Gasteiger partial charge is 0.389 e. The number of allylic oxidation sites excluding steroid dienone is 2. The summed E-state index contributed by atoms with van der Waals surface area (Å²) in [7, 11) is 0. The Balaban J connectivity index is 3.15. The van der Waals surface area contributed by atoms with Crippen molar-refractivity contribution >= 4 is 0 Å². The molecule has 0 amide bonds. The van der Waals surface area contributed by atoms with E-state index in [-0.39, 0.29) is 11.5 Å². The van der Waals surface area contributed by atoms with Crippen molar-refractivity contribution < 1.29 is 5.11 Å². The normalized spacial score (nSPS) is 31.9. The van der Waals surface area contributed by atoms with Crippen LogP contribution in [0.3, 0.4) is 0 Å². The lowest BCUT2D eigenvalue weighted by Gasteiger charge is -2.43. The van der Waals surface area contributed by atoms with Crippen LogP contribution < -0.4 is 0 Å². The highest BCUT2D eigenvalue weighted by atomic mass is 16.3. The van der Waals surface area contributed by atoms with Crippen molar-refractivity contribution in [3.8, 4) is 0 Å². The first kappa shape index (κ1) is 11.5. The summed E-state index contributed by atoms with van der Waals surface area (Å²) in [6.45, 7) is 14.8. The third-order valence-electron chi connectivity index (χ3n) is 3.98. The number of hydrogen-bond donors (Lipinski definition) is 1. The van der Waals surface area contributed by atoms with Gasteiger partial charge in [-0.05, 0) is 44.1 Å². The highest BCUT2D eigenvalue weighted by Gasteiger charge is 2.38. The van der Waals surface area contributed by atoms with Gasteiger partial charge in [0.25, 0.3) is 0 Å². The summed E-state index contributed by atoms with van der Waals surface area (Å²) >= 11 is 0. The predicted octanol–water partition coefficient (Wildman–Crippen LogP) is 3.31. The molecule has 2 unspecified atom stereocenters. The molecule has 1 aliphatic rings. The number of rotatable bonds is 1. The van der Waals surface area contributed by atoms with Crippen LogP contribution in [0.5, 0.6) is 0 Å². The fourth-order valence-corrected chi connectivity index (χ4v) is 2.53. The van der Waals surface area contributed by atoms with Gasteiger partial charge in [0.05, 0.1) is 6.10 Å². The van der Waals surface area contributed by atoms with E-state index in [1.807, 2.05) is 6.92 Å². The average molecular weight is 194 g/mol. The fraction of sp³-hybridized carbons (Fsp3) is 0.692. The van der Waals surface area contributed by atoms with Gasteiger partial charge in [0, 0.05) is 0 Å². The molecule has 0 aromatic heterocycles. The molecule has 1 rings (SSSR count). The van der Waals surface area contributed by atoms with Gasteiger partial charge in [-0.15, -0.1) is 0 Å². The van der Waals surface area contributed by atoms with E-state index in [9.17, 15) is 5.11 Å². The topological polar surface area (TPSA) is 20.2 Å². The molecule has 0 aliphatic heterocycles. The molecule has 0 aromatic rings. The molecule has 0 spiro atoms. The SMILES string of the molecule is C=C(C)C1CC(O)C(C)=C(C)C1(C)C. The molecule has 0 bridgehead atoms. The van der Waals surface area contributed by atoms with Crippen molar-refractivity contribution in [3.05, 3.63) is 23.3 Å². The van der Waals surface area contributed by atoms with Crippen LogP contribution >= 0.6 is 0 Å². The number of aliphatic hydroxyl groups excluding tert-OH is 1. The zero-order chi connectivity index (χ0) is 11.1. The molecule has 14 heavy (non-hydrogen) atoms. The van der Waals surface area contributed by atoms with Gasteiger partial charge in [0.15, 0.2) is 0 Å². The monoisotopic (exact) mass is 194 g/mol. The van der Waals surface area contributed by atoms with Crippen molar-refractivity contribution in [3.63, 3.8) is 0 Å². The molecular weight excluding hydrogens is 172 g/mol. The van der Waals surface area contributed by atoms with Gasteiger partial charge in [-0.1, -0.05) is 31.6 Å². The Morgan fingerprint density at radius 3 is 2.36 bits per heavy atom. The van der Waals surface area contributed by atoms with Crippen LogP contribution in [0.2, 0.25) is 0 Å². The summed E-state index contributed by atoms with van der Waals surface area (Å²) in [6.07, 6.45) is 0.552. The van der Waals surface area contributed by atoms with Crippen LogP contribution in [-0.2, 0) is 0 Å². The van der Waals surface area contributed by atoms with Crippen LogP contribution in [-0.4, -0.2) is 11.2 Å². The van der Waals surface area contributed by atoms with Gasteiger partial charge >= 0.3 is 0 Å². The Hall–Kier alpha value is -0.560. The minimum Gasteiger partial charge on any atom is -0.389 e. The first-order chi connectivity index (χ1) is 6.28. The molecule has 0 radical (unpaired) electrons. The second-order valence-corrected chi connectivity index (χ2v) is 5.18. The lowest BCUT2D eigenvalue weighted by molar-refractivity contribution is 0.126. The van der Waals surface area contributed by atoms with Crippen molar-refractivity contribution in [2.75, 3.05) is 0 Å². The van der Waals surface area contributed by atoms with Gasteiger partial charge in [0.1, 0.15) is 0 Å². The molecule has 0 heterocycles. The van der Waals surface area contributed by atoms with E-state index in [1.54, 1.807) is 0 Å². The Bertz CT molecular complexity index is 284. The molecule has 2 atom stereocenters. The molecule has 0 saturated carbocycles. The summed E-state index contributed by atoms with van der Waals surface area (Å²) < 4.78 is 0. The second-order valence-electron chi connectivity index (χ2n) is 5.18. The molecule has 1 aliphatic carbocycles. The van der Waals surface area contributed by atoms with Crippen LogP contribution in [0, 0.1) is 11.3 Å². The van der Waals surface area contributed by atoms with Crippen molar-refractivity contribution in [1.29, 1.82) is 0 Å². The second kappa shape index (κ2) is 3.54. The molecule has 0 aromatic carbocycles. The first-order valence-electron chi connectivity index (χ1n) is 5.29. The van der Waals surface area contributed by atoms with Crippen LogP contribution in [0.4, 0.5) is 0 Å². The third kappa shape index (κ3) is 1.66. The molecule has 1 N–H and O–H groups in total. The fourth-order valence-electron chi connectivity index (χ4n) is 2.53. The zero-order valence-electron chi connectivity index (χ0n) is 10.0. The first-order valence-corrected chi connectivity index (χ1v) is 5.29. The Kier molecular flexibility index (Phi) is 2.91. The zero-order valence-corrected chi connectivity index (χ0v) is 10.0. The van der Waals surface area contributed by atoms with E-state index >= 15 is 0 Å². The number of hydrogen-bond acceptors (Lipinski definition) is 1. The maximum atomic E-state index is 9.90. The van der Waals surface area contributed by atoms with Gasteiger partial charge < -0.3 is 5.11 Å². The maximum absolute atomic E-state index is 9.90. The molecule has 0 fully saturated rings. The highest BCUT2D eigenvalue weighted by Crippen LogP contribution is 2.46. The predicted molar refractivity (Wildman–Crippen MR) is 61.1 cm³/mol. The molecule has 80 valence electrons. The summed E-state index contributed by atoms with van der Waals surface area (Å²) in [5.74, 6) is 0.404. The van der Waals surface area contributed by atoms with E-state index in [4.69, 9.17) is 0 Å². The highest BCUT2D eigenvalue weighted by molar-refractivity contribution is 5.28. The Labute approximate surface area is 87.5 Å². The van der Waals surface area contributed by atoms with E-state index in [2.05, 4.69) is 34.3 Å².